The van der Waals surface area contributed by atoms with E-state index in [4.69, 9.17) is 0 Å². The van der Waals surface area contributed by atoms with Gasteiger partial charge in [-0.25, -0.2) is 9.97 Å². The van der Waals surface area contributed by atoms with Crippen LogP contribution in [0.15, 0.2) is 34.4 Å². The van der Waals surface area contributed by atoms with Crippen LogP contribution in [0.2, 0.25) is 0 Å². The number of nitrogens with one attached hydrogen (secondary N) is 1. The van der Waals surface area contributed by atoms with Crippen LogP contribution in [0, 0.1) is 13.8 Å². The molecule has 0 radical (unpaired) electrons. The fourth-order valence-corrected chi connectivity index (χ4v) is 2.70. The van der Waals surface area contributed by atoms with Gasteiger partial charge in [-0.3, -0.25) is 0 Å². The highest BCUT2D eigenvalue weighted by atomic mass is 32.2. The van der Waals surface area contributed by atoms with Crippen molar-refractivity contribution in [2.24, 2.45) is 0 Å². The summed E-state index contributed by atoms with van der Waals surface area (Å²) in [6.07, 6.45) is 3.43. The predicted octanol–water partition coefficient (Wildman–Crippen LogP) is 3.30. The van der Waals surface area contributed by atoms with E-state index in [-0.39, 0.29) is 0 Å². The third-order valence-corrected chi connectivity index (χ3v) is 3.86. The second-order valence-electron chi connectivity index (χ2n) is 3.82. The minimum atomic E-state index is 0.855. The van der Waals surface area contributed by atoms with Crippen LogP contribution < -0.4 is 5.32 Å². The van der Waals surface area contributed by atoms with Gasteiger partial charge in [0.1, 0.15) is 5.03 Å². The molecule has 3 nitrogen and oxygen atoms in total. The van der Waals surface area contributed by atoms with Gasteiger partial charge in [-0.05, 0) is 31.0 Å². The number of fused-ring (bicyclic) bond motifs is 2. The molecule has 1 aliphatic heterocycles. The van der Waals surface area contributed by atoms with Gasteiger partial charge >= 0.3 is 0 Å². The molecule has 0 saturated carbocycles. The van der Waals surface area contributed by atoms with Crippen molar-refractivity contribution in [3.05, 3.63) is 35.7 Å². The Bertz CT molecular complexity index is 566. The summed E-state index contributed by atoms with van der Waals surface area (Å²) in [4.78, 5) is 9.82. The van der Waals surface area contributed by atoms with Crippen molar-refractivity contribution in [3.63, 3.8) is 0 Å². The second-order valence-corrected chi connectivity index (χ2v) is 4.85. The topological polar surface area (TPSA) is 37.8 Å². The van der Waals surface area contributed by atoms with E-state index in [1.807, 2.05) is 0 Å². The molecule has 0 fully saturated rings. The Balaban J connectivity index is 2.16. The molecular weight excluding hydrogens is 218 g/mol. The average molecular weight is 229 g/mol. The van der Waals surface area contributed by atoms with E-state index in [9.17, 15) is 0 Å². The summed E-state index contributed by atoms with van der Waals surface area (Å²) in [7, 11) is 0. The Hall–Kier alpha value is -1.55. The Morgan fingerprint density at radius 3 is 2.81 bits per heavy atom. The number of hydrogen-bond acceptors (Lipinski definition) is 4. The Morgan fingerprint density at radius 1 is 1.12 bits per heavy atom. The monoisotopic (exact) mass is 229 g/mol. The van der Waals surface area contributed by atoms with Crippen LogP contribution in [-0.2, 0) is 0 Å². The van der Waals surface area contributed by atoms with Gasteiger partial charge in [0.15, 0.2) is 5.82 Å². The van der Waals surface area contributed by atoms with Crippen LogP contribution in [0.3, 0.4) is 0 Å². The van der Waals surface area contributed by atoms with E-state index in [2.05, 4.69) is 41.3 Å². The standard InChI is InChI=1S/C12H11N3S/c1-7-3-4-9-10(8(7)2)15-11-12(16-9)14-6-5-13-11/h3-6H,1-2H3,(H,13,15). The molecule has 0 saturated heterocycles. The van der Waals surface area contributed by atoms with Gasteiger partial charge < -0.3 is 5.32 Å². The minimum absolute atomic E-state index is 0.855. The highest BCUT2D eigenvalue weighted by Gasteiger charge is 2.19. The lowest BCUT2D eigenvalue weighted by molar-refractivity contribution is 1.04. The van der Waals surface area contributed by atoms with Crippen LogP contribution in [0.4, 0.5) is 11.5 Å². The normalized spacial score (nSPS) is 12.6. The largest absolute Gasteiger partial charge is 0.337 e. The summed E-state index contributed by atoms with van der Waals surface area (Å²) in [5.74, 6) is 0.855. The zero-order valence-corrected chi connectivity index (χ0v) is 9.93. The van der Waals surface area contributed by atoms with E-state index in [1.54, 1.807) is 24.2 Å². The first-order chi connectivity index (χ1) is 7.75. The van der Waals surface area contributed by atoms with Gasteiger partial charge in [-0.2, -0.15) is 0 Å². The van der Waals surface area contributed by atoms with Gasteiger partial charge in [0.25, 0.3) is 0 Å². The molecule has 80 valence electrons. The third kappa shape index (κ3) is 1.38. The second kappa shape index (κ2) is 3.49. The van der Waals surface area contributed by atoms with Crippen LogP contribution in [-0.4, -0.2) is 9.97 Å². The lowest BCUT2D eigenvalue weighted by atomic mass is 10.1. The van der Waals surface area contributed by atoms with Crippen molar-refractivity contribution in [1.29, 1.82) is 0 Å². The van der Waals surface area contributed by atoms with Crippen LogP contribution in [0.25, 0.3) is 0 Å². The quantitative estimate of drug-likeness (QED) is 0.642. The Kier molecular flexibility index (Phi) is 2.11. The number of nitrogens with zero attached hydrogens (tertiary/aromatic N) is 2. The van der Waals surface area contributed by atoms with Crippen LogP contribution >= 0.6 is 11.8 Å². The molecule has 0 amide bonds. The maximum absolute atomic E-state index is 4.31. The molecule has 4 heteroatoms. The van der Waals surface area contributed by atoms with Crippen molar-refractivity contribution in [3.8, 4) is 0 Å². The molecule has 2 heterocycles. The molecular formula is C12H11N3S. The summed E-state index contributed by atoms with van der Waals surface area (Å²) in [5.41, 5.74) is 3.73. The average Bonchev–Trinajstić information content (AvgIpc) is 2.32. The van der Waals surface area contributed by atoms with Gasteiger partial charge in [0.05, 0.1) is 5.69 Å². The van der Waals surface area contributed by atoms with E-state index in [0.29, 0.717) is 0 Å². The van der Waals surface area contributed by atoms with Crippen molar-refractivity contribution in [2.45, 2.75) is 23.8 Å². The smallest absolute Gasteiger partial charge is 0.163 e. The SMILES string of the molecule is Cc1ccc2c(c1C)Nc1nccnc1S2. The maximum atomic E-state index is 4.31. The molecule has 1 aromatic heterocycles. The van der Waals surface area contributed by atoms with E-state index < -0.39 is 0 Å². The number of hydrogen-bond donors (Lipinski definition) is 1. The molecule has 0 bridgehead atoms. The van der Waals surface area contributed by atoms with Gasteiger partial charge in [0, 0.05) is 17.3 Å². The third-order valence-electron chi connectivity index (χ3n) is 2.81. The summed E-state index contributed by atoms with van der Waals surface area (Å²) in [6.45, 7) is 4.25. The zero-order chi connectivity index (χ0) is 11.1. The van der Waals surface area contributed by atoms with E-state index in [0.717, 1.165) is 16.5 Å². The number of aryl methyl sites for hydroxylation is 1. The molecule has 1 aromatic carbocycles. The van der Waals surface area contributed by atoms with Gasteiger partial charge in [0.2, 0.25) is 0 Å². The number of aromatic nitrogens is 2. The molecule has 0 aliphatic carbocycles. The lowest BCUT2D eigenvalue weighted by Crippen LogP contribution is -2.05. The molecule has 3 rings (SSSR count). The number of anilines is 2. The molecule has 0 spiro atoms. The maximum Gasteiger partial charge on any atom is 0.163 e. The van der Waals surface area contributed by atoms with Gasteiger partial charge in [-0.15, -0.1) is 0 Å². The molecule has 0 atom stereocenters. The highest BCUT2D eigenvalue weighted by Crippen LogP contribution is 2.43. The predicted molar refractivity (Wildman–Crippen MR) is 65.4 cm³/mol. The first-order valence-electron chi connectivity index (χ1n) is 5.12. The molecule has 0 unspecified atom stereocenters. The van der Waals surface area contributed by atoms with Crippen LogP contribution in [0.1, 0.15) is 11.1 Å². The van der Waals surface area contributed by atoms with Crippen molar-refractivity contribution < 1.29 is 0 Å². The number of benzene rings is 1. The summed E-state index contributed by atoms with van der Waals surface area (Å²) in [6, 6.07) is 4.27. The zero-order valence-electron chi connectivity index (χ0n) is 9.11. The summed E-state index contributed by atoms with van der Waals surface area (Å²) < 4.78 is 0. The van der Waals surface area contributed by atoms with E-state index in [1.165, 1.54) is 16.0 Å². The fraction of sp³-hybridized carbons (Fsp3) is 0.167. The van der Waals surface area contributed by atoms with Gasteiger partial charge in [-0.1, -0.05) is 17.8 Å². The Morgan fingerprint density at radius 2 is 1.94 bits per heavy atom. The molecule has 1 N–H and O–H groups in total. The Labute approximate surface area is 98.3 Å². The molecule has 16 heavy (non-hydrogen) atoms. The van der Waals surface area contributed by atoms with Crippen LogP contribution in [0.5, 0.6) is 0 Å². The summed E-state index contributed by atoms with van der Waals surface area (Å²) >= 11 is 1.67. The van der Waals surface area contributed by atoms with Crippen molar-refractivity contribution in [2.75, 3.05) is 5.32 Å². The lowest BCUT2D eigenvalue weighted by Gasteiger charge is -2.21. The minimum Gasteiger partial charge on any atom is -0.337 e. The van der Waals surface area contributed by atoms with Crippen molar-refractivity contribution in [1.82, 2.24) is 9.97 Å². The van der Waals surface area contributed by atoms with E-state index >= 15 is 0 Å². The highest BCUT2D eigenvalue weighted by molar-refractivity contribution is 7.99. The molecule has 2 aromatic rings. The fourth-order valence-electron chi connectivity index (χ4n) is 1.74. The van der Waals surface area contributed by atoms with Crippen molar-refractivity contribution >= 4 is 23.3 Å². The molecule has 1 aliphatic rings. The first kappa shape index (κ1) is 9.66. The first-order valence-corrected chi connectivity index (χ1v) is 5.93. The number of rotatable bonds is 0. The summed E-state index contributed by atoms with van der Waals surface area (Å²) in [5, 5.41) is 4.30.